The van der Waals surface area contributed by atoms with E-state index in [-0.39, 0.29) is 7.43 Å². The SMILES string of the molecule is C.O=COCCN1CCOCC1. The first-order valence-electron chi connectivity index (χ1n) is 3.79. The average molecular weight is 175 g/mol. The highest BCUT2D eigenvalue weighted by Crippen LogP contribution is 1.94. The summed E-state index contributed by atoms with van der Waals surface area (Å²) in [6.07, 6.45) is 0. The number of carbonyl (C=O) groups excluding carboxylic acids is 1. The Balaban J connectivity index is 0.00000121. The van der Waals surface area contributed by atoms with E-state index in [1.54, 1.807) is 0 Å². The average Bonchev–Trinajstić information content (AvgIpc) is 2.07. The van der Waals surface area contributed by atoms with Crippen molar-refractivity contribution >= 4 is 6.47 Å². The molecule has 0 saturated carbocycles. The second kappa shape index (κ2) is 7.06. The quantitative estimate of drug-likeness (QED) is 0.449. The molecule has 0 aromatic carbocycles. The van der Waals surface area contributed by atoms with Crippen molar-refractivity contribution in [3.8, 4) is 0 Å². The lowest BCUT2D eigenvalue weighted by Gasteiger charge is -2.25. The molecule has 1 rings (SSSR count). The fraction of sp³-hybridized carbons (Fsp3) is 0.875. The number of rotatable bonds is 4. The summed E-state index contributed by atoms with van der Waals surface area (Å²) in [6.45, 7) is 5.28. The van der Waals surface area contributed by atoms with Crippen molar-refractivity contribution in [2.24, 2.45) is 0 Å². The summed E-state index contributed by atoms with van der Waals surface area (Å²) in [6, 6.07) is 0. The van der Waals surface area contributed by atoms with Crippen molar-refractivity contribution in [2.75, 3.05) is 39.5 Å². The van der Waals surface area contributed by atoms with Crippen LogP contribution in [0.1, 0.15) is 7.43 Å². The Labute approximate surface area is 73.4 Å². The fourth-order valence-corrected chi connectivity index (χ4v) is 1.05. The summed E-state index contributed by atoms with van der Waals surface area (Å²) in [5.41, 5.74) is 0. The third-order valence-electron chi connectivity index (χ3n) is 1.70. The summed E-state index contributed by atoms with van der Waals surface area (Å²) >= 11 is 0. The van der Waals surface area contributed by atoms with Gasteiger partial charge in [-0.25, -0.2) is 0 Å². The lowest BCUT2D eigenvalue weighted by molar-refractivity contribution is -0.129. The first-order chi connectivity index (χ1) is 5.43. The largest absolute Gasteiger partial charge is 0.467 e. The van der Waals surface area contributed by atoms with Gasteiger partial charge >= 0.3 is 0 Å². The Morgan fingerprint density at radius 3 is 2.67 bits per heavy atom. The lowest BCUT2D eigenvalue weighted by atomic mass is 10.4. The van der Waals surface area contributed by atoms with Crippen molar-refractivity contribution in [3.63, 3.8) is 0 Å². The molecule has 0 aromatic heterocycles. The van der Waals surface area contributed by atoms with E-state index in [9.17, 15) is 4.79 Å². The minimum absolute atomic E-state index is 0. The van der Waals surface area contributed by atoms with Gasteiger partial charge in [-0.15, -0.1) is 0 Å². The van der Waals surface area contributed by atoms with Crippen molar-refractivity contribution in [1.29, 1.82) is 0 Å². The second-order valence-electron chi connectivity index (χ2n) is 2.42. The molecule has 1 saturated heterocycles. The molecule has 0 aromatic rings. The van der Waals surface area contributed by atoms with Crippen LogP contribution in [-0.4, -0.2) is 50.8 Å². The minimum Gasteiger partial charge on any atom is -0.467 e. The highest BCUT2D eigenvalue weighted by atomic mass is 16.5. The van der Waals surface area contributed by atoms with E-state index >= 15 is 0 Å². The predicted octanol–water partition coefficient (Wildman–Crippen LogP) is 0.128. The lowest BCUT2D eigenvalue weighted by Crippen LogP contribution is -2.38. The molecular formula is C8H17NO3. The van der Waals surface area contributed by atoms with Crippen LogP contribution in [0.25, 0.3) is 0 Å². The first-order valence-corrected chi connectivity index (χ1v) is 3.79. The van der Waals surface area contributed by atoms with E-state index in [1.807, 2.05) is 0 Å². The zero-order valence-electron chi connectivity index (χ0n) is 6.49. The van der Waals surface area contributed by atoms with E-state index in [1.165, 1.54) is 0 Å². The summed E-state index contributed by atoms with van der Waals surface area (Å²) in [5, 5.41) is 0. The Bertz CT molecular complexity index is 113. The van der Waals surface area contributed by atoms with Gasteiger partial charge in [-0.2, -0.15) is 0 Å². The zero-order chi connectivity index (χ0) is 7.94. The van der Waals surface area contributed by atoms with Crippen molar-refractivity contribution in [3.05, 3.63) is 0 Å². The molecule has 72 valence electrons. The van der Waals surface area contributed by atoms with E-state index in [0.29, 0.717) is 13.1 Å². The van der Waals surface area contributed by atoms with Gasteiger partial charge in [0.1, 0.15) is 6.61 Å². The monoisotopic (exact) mass is 175 g/mol. The molecule has 4 nitrogen and oxygen atoms in total. The van der Waals surface area contributed by atoms with Gasteiger partial charge in [-0.1, -0.05) is 7.43 Å². The van der Waals surface area contributed by atoms with Crippen LogP contribution in [-0.2, 0) is 14.3 Å². The third kappa shape index (κ3) is 4.31. The Hall–Kier alpha value is -0.610. The number of carbonyl (C=O) groups is 1. The van der Waals surface area contributed by atoms with Crippen LogP contribution in [0.2, 0.25) is 0 Å². The molecule has 0 aliphatic carbocycles. The molecule has 1 fully saturated rings. The van der Waals surface area contributed by atoms with Gasteiger partial charge in [-0.05, 0) is 0 Å². The third-order valence-corrected chi connectivity index (χ3v) is 1.70. The number of hydrogen-bond acceptors (Lipinski definition) is 4. The predicted molar refractivity (Wildman–Crippen MR) is 46.0 cm³/mol. The summed E-state index contributed by atoms with van der Waals surface area (Å²) in [7, 11) is 0. The molecule has 0 atom stereocenters. The maximum atomic E-state index is 9.78. The van der Waals surface area contributed by atoms with Gasteiger partial charge in [-0.3, -0.25) is 9.69 Å². The van der Waals surface area contributed by atoms with Gasteiger partial charge in [0, 0.05) is 19.6 Å². The number of hydrogen-bond donors (Lipinski definition) is 0. The van der Waals surface area contributed by atoms with Crippen LogP contribution in [0, 0.1) is 0 Å². The Morgan fingerprint density at radius 2 is 2.08 bits per heavy atom. The van der Waals surface area contributed by atoms with E-state index in [2.05, 4.69) is 9.64 Å². The topological polar surface area (TPSA) is 38.8 Å². The van der Waals surface area contributed by atoms with Crippen LogP contribution in [0.4, 0.5) is 0 Å². The molecule has 1 heterocycles. The van der Waals surface area contributed by atoms with Crippen LogP contribution >= 0.6 is 0 Å². The fourth-order valence-electron chi connectivity index (χ4n) is 1.05. The minimum atomic E-state index is 0. The smallest absolute Gasteiger partial charge is 0.293 e. The number of nitrogens with zero attached hydrogens (tertiary/aromatic N) is 1. The van der Waals surface area contributed by atoms with Crippen molar-refractivity contribution in [1.82, 2.24) is 4.90 Å². The van der Waals surface area contributed by atoms with Gasteiger partial charge in [0.05, 0.1) is 13.2 Å². The normalized spacial score (nSPS) is 18.0. The number of ether oxygens (including phenoxy) is 2. The highest BCUT2D eigenvalue weighted by molar-refractivity contribution is 5.36. The molecule has 0 spiro atoms. The van der Waals surface area contributed by atoms with Crippen LogP contribution in [0.15, 0.2) is 0 Å². The van der Waals surface area contributed by atoms with Gasteiger partial charge in [0.2, 0.25) is 0 Å². The molecule has 12 heavy (non-hydrogen) atoms. The van der Waals surface area contributed by atoms with Crippen molar-refractivity contribution in [2.45, 2.75) is 7.43 Å². The van der Waals surface area contributed by atoms with E-state index in [0.717, 1.165) is 32.8 Å². The van der Waals surface area contributed by atoms with Gasteiger partial charge < -0.3 is 9.47 Å². The highest BCUT2D eigenvalue weighted by Gasteiger charge is 2.08. The second-order valence-corrected chi connectivity index (χ2v) is 2.42. The van der Waals surface area contributed by atoms with Crippen LogP contribution in [0.3, 0.4) is 0 Å². The molecule has 0 unspecified atom stereocenters. The van der Waals surface area contributed by atoms with Crippen LogP contribution < -0.4 is 0 Å². The number of morpholine rings is 1. The molecule has 0 radical (unpaired) electrons. The van der Waals surface area contributed by atoms with E-state index in [4.69, 9.17) is 4.74 Å². The molecule has 1 aliphatic heterocycles. The summed E-state index contributed by atoms with van der Waals surface area (Å²) in [4.78, 5) is 12.0. The Morgan fingerprint density at radius 1 is 1.42 bits per heavy atom. The van der Waals surface area contributed by atoms with E-state index < -0.39 is 0 Å². The van der Waals surface area contributed by atoms with Gasteiger partial charge in [0.15, 0.2) is 0 Å². The molecule has 4 heteroatoms. The Kier molecular flexibility index (Phi) is 6.70. The summed E-state index contributed by atoms with van der Waals surface area (Å²) in [5.74, 6) is 0. The molecule has 0 amide bonds. The molecule has 1 aliphatic rings. The molecule has 0 N–H and O–H groups in total. The van der Waals surface area contributed by atoms with Crippen LogP contribution in [0.5, 0.6) is 0 Å². The standard InChI is InChI=1S/C7H13NO3.CH4/c9-7-11-6-3-8-1-4-10-5-2-8;/h7H,1-6H2;1H4. The van der Waals surface area contributed by atoms with Gasteiger partial charge in [0.25, 0.3) is 6.47 Å². The first kappa shape index (κ1) is 11.4. The van der Waals surface area contributed by atoms with Crippen molar-refractivity contribution < 1.29 is 14.3 Å². The maximum Gasteiger partial charge on any atom is 0.293 e. The molecular weight excluding hydrogens is 158 g/mol. The molecule has 0 bridgehead atoms. The zero-order valence-corrected chi connectivity index (χ0v) is 6.49. The maximum absolute atomic E-state index is 9.78. The summed E-state index contributed by atoms with van der Waals surface area (Å²) < 4.78 is 9.73.